The van der Waals surface area contributed by atoms with Crippen molar-refractivity contribution in [2.45, 2.75) is 12.8 Å². The minimum absolute atomic E-state index is 0.0499. The first kappa shape index (κ1) is 24.7. The number of nitrogens with one attached hydrogen (secondary N) is 1. The normalized spacial score (nSPS) is 12.9. The number of carboxylic acid groups (broad SMARTS) is 1. The average Bonchev–Trinajstić information content (AvgIpc) is 3.15. The molecule has 0 aromatic heterocycles. The predicted octanol–water partition coefficient (Wildman–Crippen LogP) is 5.44. The molecule has 0 aliphatic heterocycles. The molecule has 0 spiro atoms. The van der Waals surface area contributed by atoms with E-state index in [9.17, 15) is 14.4 Å². The molecule has 7 nitrogen and oxygen atoms in total. The lowest BCUT2D eigenvalue weighted by molar-refractivity contribution is -0.141. The summed E-state index contributed by atoms with van der Waals surface area (Å²) >= 11 is 2.07. The molecule has 1 atom stereocenters. The minimum Gasteiger partial charge on any atom is -0.481 e. The van der Waals surface area contributed by atoms with E-state index in [1.807, 2.05) is 24.3 Å². The standard InChI is InChI=1S/C27H25IN2O5/c1-16(26(32)33)14-30(2)25(31)17-11-18(28)13-19(12-17)29-27(34)35-15-24-22-9-5-3-7-20(22)21-8-4-6-10-23(21)24/h3-13,16,24H,14-15H2,1-2H3,(H,29,34)(H,32,33). The topological polar surface area (TPSA) is 95.9 Å². The molecule has 0 saturated carbocycles. The third kappa shape index (κ3) is 5.48. The van der Waals surface area contributed by atoms with Crippen molar-refractivity contribution < 1.29 is 24.2 Å². The van der Waals surface area contributed by atoms with Crippen LogP contribution >= 0.6 is 22.6 Å². The van der Waals surface area contributed by atoms with Crippen LogP contribution in [0, 0.1) is 9.49 Å². The SMILES string of the molecule is CC(CN(C)C(=O)c1cc(I)cc(NC(=O)OCC2c3ccccc3-c3ccccc32)c1)C(=O)O. The quantitative estimate of drug-likeness (QED) is 0.361. The number of hydrogen-bond donors (Lipinski definition) is 2. The summed E-state index contributed by atoms with van der Waals surface area (Å²) in [6.45, 7) is 1.81. The number of anilines is 1. The molecule has 3 aromatic rings. The van der Waals surface area contributed by atoms with Gasteiger partial charge in [-0.25, -0.2) is 4.79 Å². The summed E-state index contributed by atoms with van der Waals surface area (Å²) < 4.78 is 6.35. The summed E-state index contributed by atoms with van der Waals surface area (Å²) in [6.07, 6.45) is -0.611. The zero-order chi connectivity index (χ0) is 25.1. The molecule has 0 fully saturated rings. The van der Waals surface area contributed by atoms with Gasteiger partial charge in [0.25, 0.3) is 5.91 Å². The van der Waals surface area contributed by atoms with Crippen LogP contribution in [-0.2, 0) is 9.53 Å². The van der Waals surface area contributed by atoms with E-state index < -0.39 is 18.0 Å². The van der Waals surface area contributed by atoms with Gasteiger partial charge in [0.2, 0.25) is 0 Å². The number of carbonyl (C=O) groups is 3. The number of hydrogen-bond acceptors (Lipinski definition) is 4. The number of carboxylic acids is 1. The van der Waals surface area contributed by atoms with E-state index >= 15 is 0 Å². The molecule has 8 heteroatoms. The zero-order valence-corrected chi connectivity index (χ0v) is 21.5. The Labute approximate surface area is 217 Å². The number of rotatable bonds is 7. The summed E-state index contributed by atoms with van der Waals surface area (Å²) in [6, 6.07) is 21.2. The molecule has 1 unspecified atom stereocenters. The molecule has 0 bridgehead atoms. The van der Waals surface area contributed by atoms with Crippen molar-refractivity contribution in [1.29, 1.82) is 0 Å². The number of amides is 2. The highest BCUT2D eigenvalue weighted by atomic mass is 127. The van der Waals surface area contributed by atoms with Crippen molar-refractivity contribution in [2.24, 2.45) is 5.92 Å². The molecule has 0 heterocycles. The molecule has 2 amide bonds. The third-order valence-electron chi connectivity index (χ3n) is 6.05. The van der Waals surface area contributed by atoms with Crippen LogP contribution in [0.1, 0.15) is 34.3 Å². The van der Waals surface area contributed by atoms with E-state index in [0.717, 1.165) is 25.8 Å². The van der Waals surface area contributed by atoms with Gasteiger partial charge in [-0.05, 0) is 63.0 Å². The molecule has 3 aromatic carbocycles. The highest BCUT2D eigenvalue weighted by Crippen LogP contribution is 2.44. The fourth-order valence-electron chi connectivity index (χ4n) is 4.33. The van der Waals surface area contributed by atoms with E-state index in [0.29, 0.717) is 11.3 Å². The third-order valence-corrected chi connectivity index (χ3v) is 6.67. The lowest BCUT2D eigenvalue weighted by atomic mass is 9.98. The molecule has 4 rings (SSSR count). The van der Waals surface area contributed by atoms with Gasteiger partial charge in [0.05, 0.1) is 5.92 Å². The maximum absolute atomic E-state index is 12.8. The highest BCUT2D eigenvalue weighted by molar-refractivity contribution is 14.1. The van der Waals surface area contributed by atoms with Crippen LogP contribution in [0.25, 0.3) is 11.1 Å². The summed E-state index contributed by atoms with van der Waals surface area (Å²) in [7, 11) is 1.56. The molecular weight excluding hydrogens is 559 g/mol. The Bertz CT molecular complexity index is 1250. The van der Waals surface area contributed by atoms with Gasteiger partial charge in [0.1, 0.15) is 6.61 Å². The van der Waals surface area contributed by atoms with Crippen LogP contribution in [0.3, 0.4) is 0 Å². The zero-order valence-electron chi connectivity index (χ0n) is 19.3. The van der Waals surface area contributed by atoms with Crippen molar-refractivity contribution in [3.8, 4) is 11.1 Å². The second-order valence-corrected chi connectivity index (χ2v) is 9.85. The van der Waals surface area contributed by atoms with E-state index in [-0.39, 0.29) is 25.0 Å². The summed E-state index contributed by atoms with van der Waals surface area (Å²) in [5.41, 5.74) is 5.34. The average molecular weight is 584 g/mol. The van der Waals surface area contributed by atoms with Crippen molar-refractivity contribution >= 4 is 46.2 Å². The number of carbonyl (C=O) groups excluding carboxylic acids is 2. The Balaban J connectivity index is 1.43. The van der Waals surface area contributed by atoms with Crippen LogP contribution in [-0.4, -0.2) is 48.2 Å². The Morgan fingerprint density at radius 3 is 2.23 bits per heavy atom. The summed E-state index contributed by atoms with van der Waals surface area (Å²) in [5.74, 6) is -2.03. The summed E-state index contributed by atoms with van der Waals surface area (Å²) in [4.78, 5) is 37.9. The van der Waals surface area contributed by atoms with Gasteiger partial charge in [0, 0.05) is 34.3 Å². The van der Waals surface area contributed by atoms with E-state index in [1.54, 1.807) is 32.2 Å². The largest absolute Gasteiger partial charge is 0.481 e. The fraction of sp³-hybridized carbons (Fsp3) is 0.222. The Morgan fingerprint density at radius 2 is 1.63 bits per heavy atom. The molecule has 180 valence electrons. The van der Waals surface area contributed by atoms with Gasteiger partial charge < -0.3 is 14.7 Å². The number of benzene rings is 3. The van der Waals surface area contributed by atoms with Crippen LogP contribution in [0.15, 0.2) is 66.7 Å². The van der Waals surface area contributed by atoms with Crippen molar-refractivity contribution in [3.05, 3.63) is 87.0 Å². The van der Waals surface area contributed by atoms with Crippen LogP contribution in [0.2, 0.25) is 0 Å². The first-order chi connectivity index (χ1) is 16.7. The van der Waals surface area contributed by atoms with E-state index in [2.05, 4.69) is 52.2 Å². The second kappa shape index (κ2) is 10.5. The van der Waals surface area contributed by atoms with E-state index in [1.165, 1.54) is 4.90 Å². The monoisotopic (exact) mass is 584 g/mol. The first-order valence-electron chi connectivity index (χ1n) is 11.2. The number of nitrogens with zero attached hydrogens (tertiary/aromatic N) is 1. The molecule has 35 heavy (non-hydrogen) atoms. The van der Waals surface area contributed by atoms with Gasteiger partial charge in [-0.1, -0.05) is 55.5 Å². The minimum atomic E-state index is -0.968. The Hall–Kier alpha value is -3.40. The predicted molar refractivity (Wildman–Crippen MR) is 142 cm³/mol. The molecule has 1 aliphatic carbocycles. The molecular formula is C27H25IN2O5. The maximum Gasteiger partial charge on any atom is 0.411 e. The lowest BCUT2D eigenvalue weighted by Gasteiger charge is -2.20. The smallest absolute Gasteiger partial charge is 0.411 e. The maximum atomic E-state index is 12.8. The highest BCUT2D eigenvalue weighted by Gasteiger charge is 2.29. The van der Waals surface area contributed by atoms with Crippen LogP contribution < -0.4 is 5.32 Å². The molecule has 0 saturated heterocycles. The Morgan fingerprint density at radius 1 is 1.03 bits per heavy atom. The molecule has 0 radical (unpaired) electrons. The number of ether oxygens (including phenoxy) is 1. The second-order valence-electron chi connectivity index (χ2n) is 8.60. The van der Waals surface area contributed by atoms with Crippen molar-refractivity contribution in [3.63, 3.8) is 0 Å². The van der Waals surface area contributed by atoms with Gasteiger partial charge in [-0.2, -0.15) is 0 Å². The molecule has 1 aliphatic rings. The Kier molecular flexibility index (Phi) is 7.39. The van der Waals surface area contributed by atoms with Gasteiger partial charge >= 0.3 is 12.1 Å². The number of aliphatic carboxylic acids is 1. The van der Waals surface area contributed by atoms with Crippen LogP contribution in [0.5, 0.6) is 0 Å². The number of fused-ring (bicyclic) bond motifs is 3. The van der Waals surface area contributed by atoms with Gasteiger partial charge in [0.15, 0.2) is 0 Å². The van der Waals surface area contributed by atoms with E-state index in [4.69, 9.17) is 9.84 Å². The fourth-order valence-corrected chi connectivity index (χ4v) is 5.00. The van der Waals surface area contributed by atoms with Crippen LogP contribution in [0.4, 0.5) is 10.5 Å². The number of halogens is 1. The van der Waals surface area contributed by atoms with Crippen molar-refractivity contribution in [1.82, 2.24) is 4.90 Å². The van der Waals surface area contributed by atoms with Crippen molar-refractivity contribution in [2.75, 3.05) is 25.5 Å². The first-order valence-corrected chi connectivity index (χ1v) is 12.2. The lowest BCUT2D eigenvalue weighted by Crippen LogP contribution is -2.33. The molecule has 2 N–H and O–H groups in total. The summed E-state index contributed by atoms with van der Waals surface area (Å²) in [5, 5.41) is 11.8. The van der Waals surface area contributed by atoms with Gasteiger partial charge in [-0.3, -0.25) is 14.9 Å². The van der Waals surface area contributed by atoms with Gasteiger partial charge in [-0.15, -0.1) is 0 Å².